The van der Waals surface area contributed by atoms with Crippen molar-refractivity contribution in [3.63, 3.8) is 0 Å². The van der Waals surface area contributed by atoms with Crippen molar-refractivity contribution in [1.82, 2.24) is 15.1 Å². The number of thiophene rings is 1. The number of rotatable bonds is 9. The molecule has 1 aromatic carbocycles. The van der Waals surface area contributed by atoms with E-state index in [1.165, 1.54) is 10.4 Å². The maximum Gasteiger partial charge on any atom is 0.317 e. The van der Waals surface area contributed by atoms with Crippen LogP contribution in [0.2, 0.25) is 0 Å². The highest BCUT2D eigenvalue weighted by atomic mass is 32.1. The fraction of sp³-hybridized carbons (Fsp3) is 0.478. The molecule has 1 fully saturated rings. The largest absolute Gasteiger partial charge is 0.376 e. The molecule has 1 aliphatic rings. The molecule has 0 saturated carbocycles. The maximum atomic E-state index is 13.3. The van der Waals surface area contributed by atoms with E-state index in [0.29, 0.717) is 26.2 Å². The maximum absolute atomic E-state index is 13.3. The summed E-state index contributed by atoms with van der Waals surface area (Å²) in [5, 5.41) is 4.88. The molecule has 1 aromatic heterocycles. The van der Waals surface area contributed by atoms with Crippen LogP contribution in [0.15, 0.2) is 41.8 Å². The standard InChI is InChI=1S/C23H31N3O3S/c1-3-24-23(28)26(15-20-10-7-12-29-20)17-22(27)25(14-19-8-5-4-6-9-19)16-21-18(2)11-13-30-21/h4-6,8-9,11,13,20H,3,7,10,12,14-17H2,1-2H3,(H,24,28)/t20-/m0/s1. The minimum absolute atomic E-state index is 0.00233. The van der Waals surface area contributed by atoms with Gasteiger partial charge in [-0.05, 0) is 49.3 Å². The molecule has 1 aliphatic heterocycles. The lowest BCUT2D eigenvalue weighted by Crippen LogP contribution is -2.49. The van der Waals surface area contributed by atoms with Gasteiger partial charge in [0.1, 0.15) is 6.54 Å². The first kappa shape index (κ1) is 22.3. The first-order chi connectivity index (χ1) is 14.6. The van der Waals surface area contributed by atoms with E-state index in [9.17, 15) is 9.59 Å². The van der Waals surface area contributed by atoms with E-state index in [-0.39, 0.29) is 24.6 Å². The molecule has 2 aromatic rings. The van der Waals surface area contributed by atoms with Gasteiger partial charge in [-0.2, -0.15) is 0 Å². The van der Waals surface area contributed by atoms with Crippen LogP contribution in [0.3, 0.4) is 0 Å². The van der Waals surface area contributed by atoms with Gasteiger partial charge >= 0.3 is 6.03 Å². The number of aryl methyl sites for hydroxylation is 1. The van der Waals surface area contributed by atoms with E-state index in [2.05, 4.69) is 18.3 Å². The summed E-state index contributed by atoms with van der Waals surface area (Å²) in [6, 6.07) is 11.8. The number of ether oxygens (including phenoxy) is 1. The molecule has 3 amide bonds. The molecule has 6 nitrogen and oxygen atoms in total. The normalized spacial score (nSPS) is 15.7. The fourth-order valence-electron chi connectivity index (χ4n) is 3.56. The third-order valence-corrected chi connectivity index (χ3v) is 6.27. The summed E-state index contributed by atoms with van der Waals surface area (Å²) in [7, 11) is 0. The zero-order chi connectivity index (χ0) is 21.3. The van der Waals surface area contributed by atoms with Crippen LogP contribution in [0.25, 0.3) is 0 Å². The van der Waals surface area contributed by atoms with Crippen LogP contribution in [0.5, 0.6) is 0 Å². The summed E-state index contributed by atoms with van der Waals surface area (Å²) in [5.41, 5.74) is 2.26. The van der Waals surface area contributed by atoms with E-state index in [1.54, 1.807) is 16.2 Å². The monoisotopic (exact) mass is 429 g/mol. The average molecular weight is 430 g/mol. The molecule has 7 heteroatoms. The Kier molecular flexibility index (Phi) is 8.28. The Balaban J connectivity index is 1.74. The van der Waals surface area contributed by atoms with Crippen molar-refractivity contribution in [2.24, 2.45) is 0 Å². The molecular weight excluding hydrogens is 398 g/mol. The lowest BCUT2D eigenvalue weighted by Gasteiger charge is -2.29. The first-order valence-corrected chi connectivity index (χ1v) is 11.4. The third kappa shape index (κ3) is 6.31. The Morgan fingerprint density at radius 2 is 1.97 bits per heavy atom. The molecule has 0 bridgehead atoms. The summed E-state index contributed by atoms with van der Waals surface area (Å²) in [4.78, 5) is 30.6. The highest BCUT2D eigenvalue weighted by molar-refractivity contribution is 7.10. The highest BCUT2D eigenvalue weighted by Crippen LogP contribution is 2.20. The Morgan fingerprint density at radius 3 is 2.60 bits per heavy atom. The number of nitrogens with one attached hydrogen (secondary N) is 1. The molecule has 0 radical (unpaired) electrons. The predicted octanol–water partition coefficient (Wildman–Crippen LogP) is 3.80. The van der Waals surface area contributed by atoms with E-state index >= 15 is 0 Å². The smallest absolute Gasteiger partial charge is 0.317 e. The van der Waals surface area contributed by atoms with Crippen LogP contribution in [-0.2, 0) is 22.6 Å². The zero-order valence-electron chi connectivity index (χ0n) is 17.8. The van der Waals surface area contributed by atoms with E-state index in [4.69, 9.17) is 4.74 Å². The van der Waals surface area contributed by atoms with Gasteiger partial charge in [0.05, 0.1) is 12.6 Å². The number of hydrogen-bond donors (Lipinski definition) is 1. The molecule has 0 aliphatic carbocycles. The molecule has 0 unspecified atom stereocenters. The van der Waals surface area contributed by atoms with Gasteiger partial charge in [0.2, 0.25) is 5.91 Å². The lowest BCUT2D eigenvalue weighted by molar-refractivity contribution is -0.133. The second kappa shape index (κ2) is 11.1. The van der Waals surface area contributed by atoms with Gasteiger partial charge < -0.3 is 19.9 Å². The molecule has 0 spiro atoms. The minimum atomic E-state index is -0.215. The summed E-state index contributed by atoms with van der Waals surface area (Å²) in [5.74, 6) is -0.0593. The van der Waals surface area contributed by atoms with Crippen molar-refractivity contribution in [3.8, 4) is 0 Å². The van der Waals surface area contributed by atoms with E-state index in [0.717, 1.165) is 25.0 Å². The number of carbonyl (C=O) groups is 2. The third-order valence-electron chi connectivity index (χ3n) is 5.26. The van der Waals surface area contributed by atoms with Crippen molar-refractivity contribution < 1.29 is 14.3 Å². The van der Waals surface area contributed by atoms with Crippen LogP contribution in [0.1, 0.15) is 35.8 Å². The molecule has 30 heavy (non-hydrogen) atoms. The molecule has 1 atom stereocenters. The lowest BCUT2D eigenvalue weighted by atomic mass is 10.2. The highest BCUT2D eigenvalue weighted by Gasteiger charge is 2.26. The second-order valence-electron chi connectivity index (χ2n) is 7.61. The number of urea groups is 1. The predicted molar refractivity (Wildman–Crippen MR) is 119 cm³/mol. The molecule has 1 N–H and O–H groups in total. The Bertz CT molecular complexity index is 818. The van der Waals surface area contributed by atoms with Gasteiger partial charge in [0, 0.05) is 31.1 Å². The van der Waals surface area contributed by atoms with Gasteiger partial charge in [-0.3, -0.25) is 4.79 Å². The topological polar surface area (TPSA) is 61.9 Å². The fourth-order valence-corrected chi connectivity index (χ4v) is 4.48. The van der Waals surface area contributed by atoms with Crippen LogP contribution in [-0.4, -0.2) is 54.1 Å². The second-order valence-corrected chi connectivity index (χ2v) is 8.61. The summed E-state index contributed by atoms with van der Waals surface area (Å²) < 4.78 is 5.71. The summed E-state index contributed by atoms with van der Waals surface area (Å²) >= 11 is 1.66. The van der Waals surface area contributed by atoms with Crippen LogP contribution in [0, 0.1) is 6.92 Å². The van der Waals surface area contributed by atoms with Gasteiger partial charge in [0.15, 0.2) is 0 Å². The van der Waals surface area contributed by atoms with Crippen molar-refractivity contribution in [3.05, 3.63) is 57.8 Å². The number of hydrogen-bond acceptors (Lipinski definition) is 4. The molecule has 162 valence electrons. The van der Waals surface area contributed by atoms with Gasteiger partial charge in [-0.15, -0.1) is 11.3 Å². The quantitative estimate of drug-likeness (QED) is 0.660. The van der Waals surface area contributed by atoms with Crippen molar-refractivity contribution >= 4 is 23.3 Å². The first-order valence-electron chi connectivity index (χ1n) is 10.6. The van der Waals surface area contributed by atoms with Crippen LogP contribution >= 0.6 is 11.3 Å². The minimum Gasteiger partial charge on any atom is -0.376 e. The Hall–Kier alpha value is -2.38. The van der Waals surface area contributed by atoms with E-state index < -0.39 is 0 Å². The number of benzene rings is 1. The van der Waals surface area contributed by atoms with Gasteiger partial charge in [-0.1, -0.05) is 30.3 Å². The SMILES string of the molecule is CCNC(=O)N(CC(=O)N(Cc1ccccc1)Cc1sccc1C)C[C@@H]1CCCO1. The van der Waals surface area contributed by atoms with Crippen LogP contribution in [0.4, 0.5) is 4.79 Å². The van der Waals surface area contributed by atoms with Crippen LogP contribution < -0.4 is 5.32 Å². The number of amides is 3. The Labute approximate surface area is 182 Å². The molecule has 1 saturated heterocycles. The van der Waals surface area contributed by atoms with Gasteiger partial charge in [-0.25, -0.2) is 4.79 Å². The number of carbonyl (C=O) groups excluding carboxylic acids is 2. The van der Waals surface area contributed by atoms with Gasteiger partial charge in [0.25, 0.3) is 0 Å². The molecular formula is C23H31N3O3S. The summed E-state index contributed by atoms with van der Waals surface area (Å²) in [6.07, 6.45) is 1.92. The Morgan fingerprint density at radius 1 is 1.17 bits per heavy atom. The number of nitrogens with zero attached hydrogens (tertiary/aromatic N) is 2. The molecule has 2 heterocycles. The van der Waals surface area contributed by atoms with Crippen molar-refractivity contribution in [1.29, 1.82) is 0 Å². The summed E-state index contributed by atoms with van der Waals surface area (Å²) in [6.45, 7) is 6.73. The average Bonchev–Trinajstić information content (AvgIpc) is 3.40. The van der Waals surface area contributed by atoms with E-state index in [1.807, 2.05) is 47.5 Å². The van der Waals surface area contributed by atoms with Crippen molar-refractivity contribution in [2.75, 3.05) is 26.2 Å². The molecule has 3 rings (SSSR count). The van der Waals surface area contributed by atoms with Crippen molar-refractivity contribution in [2.45, 2.75) is 45.9 Å². The zero-order valence-corrected chi connectivity index (χ0v) is 18.6.